The predicted octanol–water partition coefficient (Wildman–Crippen LogP) is 2.04. The van der Waals surface area contributed by atoms with Gasteiger partial charge in [0.15, 0.2) is 0 Å². The molecule has 104 valence electrons. The molecule has 2 aromatic rings. The van der Waals surface area contributed by atoms with Crippen LogP contribution in [-0.2, 0) is 6.42 Å². The molecule has 0 unspecified atom stereocenters. The molecule has 5 heteroatoms. The number of hydrogen-bond donors (Lipinski definition) is 2. The number of aromatic nitrogens is 1. The van der Waals surface area contributed by atoms with Crippen molar-refractivity contribution in [3.05, 3.63) is 53.9 Å². The Morgan fingerprint density at radius 1 is 1.30 bits per heavy atom. The standard InChI is InChI=1S/C15H17N3O2/c1-18(9-6-11-4-7-17-8-5-11)14-10-12(15(19)20)2-3-13(14)16/h2-5,7-8,10H,6,9,16H2,1H3,(H,19,20). The minimum Gasteiger partial charge on any atom is -0.478 e. The van der Waals surface area contributed by atoms with Gasteiger partial charge < -0.3 is 15.7 Å². The molecule has 0 bridgehead atoms. The maximum Gasteiger partial charge on any atom is 0.335 e. The van der Waals surface area contributed by atoms with Gasteiger partial charge in [-0.15, -0.1) is 0 Å². The summed E-state index contributed by atoms with van der Waals surface area (Å²) in [5, 5.41) is 9.02. The average molecular weight is 271 g/mol. The maximum atomic E-state index is 11.0. The summed E-state index contributed by atoms with van der Waals surface area (Å²) in [5.74, 6) is -0.950. The molecule has 0 fully saturated rings. The van der Waals surface area contributed by atoms with E-state index in [0.29, 0.717) is 5.69 Å². The molecule has 20 heavy (non-hydrogen) atoms. The summed E-state index contributed by atoms with van der Waals surface area (Å²) in [6.45, 7) is 0.747. The first kappa shape index (κ1) is 13.9. The molecule has 5 nitrogen and oxygen atoms in total. The van der Waals surface area contributed by atoms with Crippen LogP contribution in [0.3, 0.4) is 0 Å². The third-order valence-corrected chi connectivity index (χ3v) is 3.17. The molecule has 0 saturated heterocycles. The van der Waals surface area contributed by atoms with Crippen molar-refractivity contribution in [2.45, 2.75) is 6.42 Å². The van der Waals surface area contributed by atoms with Crippen LogP contribution in [0.1, 0.15) is 15.9 Å². The Morgan fingerprint density at radius 3 is 2.65 bits per heavy atom. The number of rotatable bonds is 5. The zero-order chi connectivity index (χ0) is 14.5. The number of carboxylic acid groups (broad SMARTS) is 1. The summed E-state index contributed by atoms with van der Waals surface area (Å²) in [4.78, 5) is 16.9. The van der Waals surface area contributed by atoms with E-state index in [0.717, 1.165) is 18.7 Å². The summed E-state index contributed by atoms with van der Waals surface area (Å²) in [7, 11) is 1.90. The smallest absolute Gasteiger partial charge is 0.335 e. The Labute approximate surface area is 117 Å². The van der Waals surface area contributed by atoms with Crippen molar-refractivity contribution in [2.24, 2.45) is 0 Å². The number of pyridine rings is 1. The van der Waals surface area contributed by atoms with E-state index in [1.54, 1.807) is 24.5 Å². The van der Waals surface area contributed by atoms with Gasteiger partial charge in [0, 0.05) is 26.0 Å². The van der Waals surface area contributed by atoms with E-state index in [2.05, 4.69) is 4.98 Å². The summed E-state index contributed by atoms with van der Waals surface area (Å²) >= 11 is 0. The largest absolute Gasteiger partial charge is 0.478 e. The fourth-order valence-corrected chi connectivity index (χ4v) is 1.97. The lowest BCUT2D eigenvalue weighted by Gasteiger charge is -2.21. The molecule has 0 radical (unpaired) electrons. The number of nitrogens with two attached hydrogens (primary N) is 1. The molecule has 0 aliphatic carbocycles. The van der Waals surface area contributed by atoms with Crippen LogP contribution in [0.15, 0.2) is 42.7 Å². The highest BCUT2D eigenvalue weighted by Crippen LogP contribution is 2.23. The van der Waals surface area contributed by atoms with Crippen LogP contribution >= 0.6 is 0 Å². The SMILES string of the molecule is CN(CCc1ccncc1)c1cc(C(=O)O)ccc1N. The summed E-state index contributed by atoms with van der Waals surface area (Å²) < 4.78 is 0. The molecular formula is C15H17N3O2. The van der Waals surface area contributed by atoms with Crippen molar-refractivity contribution in [1.82, 2.24) is 4.98 Å². The Hall–Kier alpha value is -2.56. The van der Waals surface area contributed by atoms with Crippen LogP contribution < -0.4 is 10.6 Å². The highest BCUT2D eigenvalue weighted by atomic mass is 16.4. The lowest BCUT2D eigenvalue weighted by molar-refractivity contribution is 0.0697. The Kier molecular flexibility index (Phi) is 4.20. The zero-order valence-corrected chi connectivity index (χ0v) is 11.3. The number of hydrogen-bond acceptors (Lipinski definition) is 4. The lowest BCUT2D eigenvalue weighted by Crippen LogP contribution is -2.21. The number of nitrogens with zero attached hydrogens (tertiary/aromatic N) is 2. The second-order valence-electron chi connectivity index (χ2n) is 4.61. The minimum atomic E-state index is -0.950. The van der Waals surface area contributed by atoms with Gasteiger partial charge in [-0.05, 0) is 42.3 Å². The van der Waals surface area contributed by atoms with E-state index in [-0.39, 0.29) is 5.56 Å². The number of aromatic carboxylic acids is 1. The van der Waals surface area contributed by atoms with Gasteiger partial charge >= 0.3 is 5.97 Å². The van der Waals surface area contributed by atoms with Gasteiger partial charge in [-0.3, -0.25) is 4.98 Å². The topological polar surface area (TPSA) is 79.5 Å². The molecule has 0 aliphatic heterocycles. The second-order valence-corrected chi connectivity index (χ2v) is 4.61. The van der Waals surface area contributed by atoms with Crippen molar-refractivity contribution >= 4 is 17.3 Å². The number of likely N-dealkylation sites (N-methyl/N-ethyl adjacent to an activating group) is 1. The molecular weight excluding hydrogens is 254 g/mol. The van der Waals surface area contributed by atoms with Crippen molar-refractivity contribution < 1.29 is 9.90 Å². The van der Waals surface area contributed by atoms with Gasteiger partial charge in [-0.25, -0.2) is 4.79 Å². The fraction of sp³-hybridized carbons (Fsp3) is 0.200. The van der Waals surface area contributed by atoms with Crippen LogP contribution in [-0.4, -0.2) is 29.7 Å². The van der Waals surface area contributed by atoms with Gasteiger partial charge in [0.25, 0.3) is 0 Å². The monoisotopic (exact) mass is 271 g/mol. The third kappa shape index (κ3) is 3.26. The lowest BCUT2D eigenvalue weighted by atomic mass is 10.1. The molecule has 0 spiro atoms. The van der Waals surface area contributed by atoms with Crippen molar-refractivity contribution in [3.8, 4) is 0 Å². The van der Waals surface area contributed by atoms with E-state index in [9.17, 15) is 4.79 Å². The number of benzene rings is 1. The maximum absolute atomic E-state index is 11.0. The predicted molar refractivity (Wildman–Crippen MR) is 79.0 cm³/mol. The van der Waals surface area contributed by atoms with E-state index in [1.165, 1.54) is 11.6 Å². The van der Waals surface area contributed by atoms with Gasteiger partial charge in [0.2, 0.25) is 0 Å². The summed E-state index contributed by atoms with van der Waals surface area (Å²) in [6.07, 6.45) is 4.36. The number of carboxylic acids is 1. The first-order valence-electron chi connectivity index (χ1n) is 6.31. The fourth-order valence-electron chi connectivity index (χ4n) is 1.97. The number of carbonyl (C=O) groups is 1. The van der Waals surface area contributed by atoms with Crippen LogP contribution in [0.25, 0.3) is 0 Å². The second kappa shape index (κ2) is 6.06. The van der Waals surface area contributed by atoms with Gasteiger partial charge in [0.1, 0.15) is 0 Å². The van der Waals surface area contributed by atoms with E-state index < -0.39 is 5.97 Å². The molecule has 0 amide bonds. The van der Waals surface area contributed by atoms with Crippen LogP contribution in [0.5, 0.6) is 0 Å². The Balaban J connectivity index is 2.10. The van der Waals surface area contributed by atoms with Crippen molar-refractivity contribution in [2.75, 3.05) is 24.2 Å². The molecule has 0 aliphatic rings. The first-order chi connectivity index (χ1) is 9.58. The molecule has 2 rings (SSSR count). The van der Waals surface area contributed by atoms with Crippen LogP contribution in [0.4, 0.5) is 11.4 Å². The molecule has 1 aromatic carbocycles. The van der Waals surface area contributed by atoms with Gasteiger partial charge in [-0.2, -0.15) is 0 Å². The van der Waals surface area contributed by atoms with Gasteiger partial charge in [0.05, 0.1) is 16.9 Å². The summed E-state index contributed by atoms with van der Waals surface area (Å²) in [6, 6.07) is 8.67. The normalized spacial score (nSPS) is 10.2. The van der Waals surface area contributed by atoms with E-state index in [1.807, 2.05) is 24.1 Å². The highest BCUT2D eigenvalue weighted by molar-refractivity contribution is 5.90. The molecule has 1 heterocycles. The van der Waals surface area contributed by atoms with E-state index >= 15 is 0 Å². The Bertz CT molecular complexity index is 599. The quantitative estimate of drug-likeness (QED) is 0.813. The van der Waals surface area contributed by atoms with E-state index in [4.69, 9.17) is 10.8 Å². The molecule has 3 N–H and O–H groups in total. The third-order valence-electron chi connectivity index (χ3n) is 3.17. The minimum absolute atomic E-state index is 0.241. The number of nitrogen functional groups attached to an aromatic ring is 1. The Morgan fingerprint density at radius 2 is 2.00 bits per heavy atom. The molecule has 0 atom stereocenters. The van der Waals surface area contributed by atoms with Crippen molar-refractivity contribution in [1.29, 1.82) is 0 Å². The molecule has 0 saturated carbocycles. The molecule has 1 aromatic heterocycles. The highest BCUT2D eigenvalue weighted by Gasteiger charge is 2.10. The van der Waals surface area contributed by atoms with Crippen molar-refractivity contribution in [3.63, 3.8) is 0 Å². The summed E-state index contributed by atoms with van der Waals surface area (Å²) in [5.41, 5.74) is 8.65. The van der Waals surface area contributed by atoms with Crippen LogP contribution in [0.2, 0.25) is 0 Å². The first-order valence-corrected chi connectivity index (χ1v) is 6.31. The number of anilines is 2. The average Bonchev–Trinajstić information content (AvgIpc) is 2.46. The van der Waals surface area contributed by atoms with Gasteiger partial charge in [-0.1, -0.05) is 0 Å². The zero-order valence-electron chi connectivity index (χ0n) is 11.3. The van der Waals surface area contributed by atoms with Crippen LogP contribution in [0, 0.1) is 0 Å².